The first-order chi connectivity index (χ1) is 3.79. The van der Waals surface area contributed by atoms with Crippen LogP contribution >= 0.6 is 12.6 Å². The fourth-order valence-corrected chi connectivity index (χ4v) is 0.633. The Morgan fingerprint density at radius 1 is 1.50 bits per heavy atom. The van der Waals surface area contributed by atoms with Crippen molar-refractivity contribution in [3.63, 3.8) is 0 Å². The lowest BCUT2D eigenvalue weighted by Gasteiger charge is -1.88. The average Bonchev–Trinajstić information content (AvgIpc) is 1.77. The lowest BCUT2D eigenvalue weighted by atomic mass is 10.2. The molecule has 1 rings (SSSR count). The van der Waals surface area contributed by atoms with E-state index in [4.69, 9.17) is 0 Å². The summed E-state index contributed by atoms with van der Waals surface area (Å²) in [5, 5.41) is 0. The zero-order chi connectivity index (χ0) is 5.98. The molecule has 0 aliphatic rings. The lowest BCUT2D eigenvalue weighted by Crippen LogP contribution is -1.68. The van der Waals surface area contributed by atoms with Gasteiger partial charge in [0, 0.05) is 4.90 Å². The van der Waals surface area contributed by atoms with Gasteiger partial charge < -0.3 is 0 Å². The molecule has 0 spiro atoms. The molecule has 41 valence electrons. The van der Waals surface area contributed by atoms with E-state index >= 15 is 0 Å². The maximum absolute atomic E-state index is 4.10. The van der Waals surface area contributed by atoms with E-state index < -0.39 is 0 Å². The largest absolute Gasteiger partial charge is 0.143 e. The zero-order valence-corrected chi connectivity index (χ0v) is 5.57. The zero-order valence-electron chi connectivity index (χ0n) is 4.68. The first-order valence-corrected chi connectivity index (χ1v) is 2.91. The Hall–Kier alpha value is -0.430. The van der Waals surface area contributed by atoms with Crippen LogP contribution in [0.15, 0.2) is 23.1 Å². The summed E-state index contributed by atoms with van der Waals surface area (Å²) in [5.74, 6) is 0. The van der Waals surface area contributed by atoms with E-state index in [9.17, 15) is 0 Å². The summed E-state index contributed by atoms with van der Waals surface area (Å²) in [6.45, 7) is 2.01. The van der Waals surface area contributed by atoms with Crippen molar-refractivity contribution in [1.29, 1.82) is 0 Å². The Bertz CT molecular complexity index is 143. The van der Waals surface area contributed by atoms with Gasteiger partial charge in [-0.1, -0.05) is 6.07 Å². The second kappa shape index (κ2) is 2.23. The number of aryl methyl sites for hydroxylation is 1. The molecule has 1 aromatic carbocycles. The van der Waals surface area contributed by atoms with Crippen LogP contribution in [0.4, 0.5) is 0 Å². The van der Waals surface area contributed by atoms with Crippen LogP contribution in [0.3, 0.4) is 0 Å². The van der Waals surface area contributed by atoms with Crippen molar-refractivity contribution in [3.05, 3.63) is 29.8 Å². The molecule has 1 aromatic rings. The lowest BCUT2D eigenvalue weighted by molar-refractivity contribution is 1.37. The Morgan fingerprint density at radius 2 is 2.25 bits per heavy atom. The molecule has 0 amide bonds. The number of rotatable bonds is 0. The van der Waals surface area contributed by atoms with Crippen molar-refractivity contribution < 1.29 is 0 Å². The quantitative estimate of drug-likeness (QED) is 0.502. The van der Waals surface area contributed by atoms with Crippen molar-refractivity contribution in [1.82, 2.24) is 0 Å². The van der Waals surface area contributed by atoms with Gasteiger partial charge in [0.25, 0.3) is 0 Å². The van der Waals surface area contributed by atoms with E-state index in [-0.39, 0.29) is 0 Å². The van der Waals surface area contributed by atoms with E-state index in [2.05, 4.69) is 18.7 Å². The van der Waals surface area contributed by atoms with E-state index in [0.29, 0.717) is 0 Å². The minimum absolute atomic E-state index is 0.968. The van der Waals surface area contributed by atoms with Gasteiger partial charge in [0.2, 0.25) is 0 Å². The molecule has 0 saturated heterocycles. The van der Waals surface area contributed by atoms with Crippen LogP contribution in [0.1, 0.15) is 5.56 Å². The van der Waals surface area contributed by atoms with Crippen LogP contribution in [-0.4, -0.2) is 0 Å². The highest BCUT2D eigenvalue weighted by atomic mass is 32.1. The topological polar surface area (TPSA) is 0 Å². The number of benzene rings is 1. The van der Waals surface area contributed by atoms with Crippen LogP contribution in [0.25, 0.3) is 0 Å². The first kappa shape index (κ1) is 5.70. The third-order valence-electron chi connectivity index (χ3n) is 0.952. The summed E-state index contributed by atoms with van der Waals surface area (Å²) in [5.41, 5.74) is 1.16. The Morgan fingerprint density at radius 3 is 2.62 bits per heavy atom. The second-order valence-electron chi connectivity index (χ2n) is 1.73. The smallest absolute Gasteiger partial charge is 0.00463 e. The monoisotopic (exact) mass is 123 g/mol. The molecular weight excluding hydrogens is 116 g/mol. The van der Waals surface area contributed by atoms with Gasteiger partial charge in [0.1, 0.15) is 0 Å². The molecule has 0 aliphatic carbocycles. The van der Waals surface area contributed by atoms with Crippen molar-refractivity contribution in [2.75, 3.05) is 0 Å². The van der Waals surface area contributed by atoms with Crippen LogP contribution in [0.2, 0.25) is 0 Å². The van der Waals surface area contributed by atoms with Gasteiger partial charge in [0.15, 0.2) is 0 Å². The summed E-state index contributed by atoms with van der Waals surface area (Å²) in [7, 11) is 0. The maximum Gasteiger partial charge on any atom is 0.00463 e. The Kier molecular flexibility index (Phi) is 1.59. The molecule has 1 heteroatoms. The highest BCUT2D eigenvalue weighted by Gasteiger charge is 1.81. The van der Waals surface area contributed by atoms with E-state index in [0.717, 1.165) is 10.5 Å². The van der Waals surface area contributed by atoms with Gasteiger partial charge in [0.05, 0.1) is 0 Å². The minimum Gasteiger partial charge on any atom is -0.143 e. The predicted molar refractivity (Wildman–Crippen MR) is 37.3 cm³/mol. The van der Waals surface area contributed by atoms with Crippen LogP contribution in [0, 0.1) is 13.0 Å². The molecule has 0 aromatic heterocycles. The molecular formula is C7H7S. The van der Waals surface area contributed by atoms with Gasteiger partial charge in [-0.3, -0.25) is 0 Å². The molecule has 1 radical (unpaired) electrons. The molecule has 0 aliphatic heterocycles. The molecule has 0 nitrogen and oxygen atoms in total. The summed E-state index contributed by atoms with van der Waals surface area (Å²) in [4.78, 5) is 0.968. The average molecular weight is 123 g/mol. The van der Waals surface area contributed by atoms with Gasteiger partial charge in [-0.25, -0.2) is 0 Å². The standard InChI is InChI=1S/C7H7S/c1-6-2-4-7(8)5-3-6/h2,4-5,8H,1H3. The van der Waals surface area contributed by atoms with Crippen LogP contribution in [-0.2, 0) is 0 Å². The highest BCUT2D eigenvalue weighted by molar-refractivity contribution is 7.80. The van der Waals surface area contributed by atoms with E-state index in [1.165, 1.54) is 0 Å². The normalized spacial score (nSPS) is 9.25. The molecule has 0 N–H and O–H groups in total. The Balaban J connectivity index is 3.03. The van der Waals surface area contributed by atoms with Gasteiger partial charge in [-0.05, 0) is 30.7 Å². The fraction of sp³-hybridized carbons (Fsp3) is 0.143. The third kappa shape index (κ3) is 1.27. The van der Waals surface area contributed by atoms with Gasteiger partial charge in [-0.15, -0.1) is 12.6 Å². The SMILES string of the molecule is Cc1[c]cc(S)cc1. The molecule has 0 bridgehead atoms. The molecule has 0 saturated carbocycles. The maximum atomic E-state index is 4.10. The highest BCUT2D eigenvalue weighted by Crippen LogP contribution is 2.04. The number of hydrogen-bond donors (Lipinski definition) is 1. The minimum atomic E-state index is 0.968. The summed E-state index contributed by atoms with van der Waals surface area (Å²) in [6, 6.07) is 8.82. The molecule has 0 fully saturated rings. The van der Waals surface area contributed by atoms with Crippen LogP contribution in [0.5, 0.6) is 0 Å². The second-order valence-corrected chi connectivity index (χ2v) is 2.25. The summed E-state index contributed by atoms with van der Waals surface area (Å²) in [6.07, 6.45) is 0. The van der Waals surface area contributed by atoms with Crippen LogP contribution < -0.4 is 0 Å². The molecule has 0 heterocycles. The third-order valence-corrected chi connectivity index (χ3v) is 1.23. The molecule has 8 heavy (non-hydrogen) atoms. The Labute approximate surface area is 55.0 Å². The summed E-state index contributed by atoms with van der Waals surface area (Å²) < 4.78 is 0. The molecule has 0 atom stereocenters. The van der Waals surface area contributed by atoms with E-state index in [1.54, 1.807) is 0 Å². The first-order valence-electron chi connectivity index (χ1n) is 2.46. The van der Waals surface area contributed by atoms with E-state index in [1.807, 2.05) is 25.1 Å². The van der Waals surface area contributed by atoms with Crippen molar-refractivity contribution >= 4 is 12.6 Å². The predicted octanol–water partition coefficient (Wildman–Crippen LogP) is 2.08. The fourth-order valence-electron chi connectivity index (χ4n) is 0.494. The number of thiol groups is 1. The van der Waals surface area contributed by atoms with Crippen molar-refractivity contribution in [2.24, 2.45) is 0 Å². The van der Waals surface area contributed by atoms with Crippen molar-refractivity contribution in [2.45, 2.75) is 11.8 Å². The number of hydrogen-bond acceptors (Lipinski definition) is 1. The molecule has 0 unspecified atom stereocenters. The van der Waals surface area contributed by atoms with Crippen molar-refractivity contribution in [3.8, 4) is 0 Å². The van der Waals surface area contributed by atoms with Gasteiger partial charge >= 0.3 is 0 Å². The summed E-state index contributed by atoms with van der Waals surface area (Å²) >= 11 is 4.10. The van der Waals surface area contributed by atoms with Gasteiger partial charge in [-0.2, -0.15) is 0 Å².